The van der Waals surface area contributed by atoms with Crippen LogP contribution in [0.1, 0.15) is 30.1 Å². The van der Waals surface area contributed by atoms with E-state index in [0.717, 1.165) is 36.1 Å². The Morgan fingerprint density at radius 3 is 2.81 bits per heavy atom. The van der Waals surface area contributed by atoms with Crippen molar-refractivity contribution in [1.29, 1.82) is 0 Å². The number of para-hydroxylation sites is 1. The van der Waals surface area contributed by atoms with Gasteiger partial charge in [0.05, 0.1) is 5.52 Å². The summed E-state index contributed by atoms with van der Waals surface area (Å²) in [5.41, 5.74) is 2.08. The minimum Gasteiger partial charge on any atom is -0.344 e. The van der Waals surface area contributed by atoms with Gasteiger partial charge >= 0.3 is 0 Å². The largest absolute Gasteiger partial charge is 0.344 e. The summed E-state index contributed by atoms with van der Waals surface area (Å²) in [5.74, 6) is 0.674. The fourth-order valence-electron chi connectivity index (χ4n) is 3.55. The number of nitrogens with one attached hydrogen (secondary N) is 1. The van der Waals surface area contributed by atoms with Crippen LogP contribution in [0.2, 0.25) is 0 Å². The molecule has 0 saturated carbocycles. The van der Waals surface area contributed by atoms with Crippen molar-refractivity contribution in [2.75, 3.05) is 16.8 Å². The summed E-state index contributed by atoms with van der Waals surface area (Å²) >= 11 is 0. The molecule has 6 heteroatoms. The number of hydrogen-bond donors (Lipinski definition) is 1. The van der Waals surface area contributed by atoms with Crippen LogP contribution in [0.5, 0.6) is 0 Å². The molecule has 0 unspecified atom stereocenters. The molecule has 2 heterocycles. The van der Waals surface area contributed by atoms with Gasteiger partial charge in [0.25, 0.3) is 0 Å². The van der Waals surface area contributed by atoms with Crippen molar-refractivity contribution in [3.63, 3.8) is 0 Å². The van der Waals surface area contributed by atoms with E-state index in [2.05, 4.69) is 15.3 Å². The lowest BCUT2D eigenvalue weighted by molar-refractivity contribution is -0.117. The summed E-state index contributed by atoms with van der Waals surface area (Å²) in [6.07, 6.45) is 3.22. The number of carbonyl (C=O) groups is 2. The molecule has 1 aliphatic rings. The molecular weight excluding hydrogens is 340 g/mol. The third-order valence-electron chi connectivity index (χ3n) is 4.89. The second-order valence-corrected chi connectivity index (χ2v) is 6.69. The molecular formula is C21H20N4O2. The monoisotopic (exact) mass is 360 g/mol. The zero-order valence-electron chi connectivity index (χ0n) is 15.1. The van der Waals surface area contributed by atoms with E-state index in [9.17, 15) is 9.59 Å². The molecule has 1 N–H and O–H groups in total. The van der Waals surface area contributed by atoms with E-state index in [1.807, 2.05) is 29.2 Å². The van der Waals surface area contributed by atoms with Gasteiger partial charge in [-0.1, -0.05) is 24.3 Å². The molecule has 1 amide bonds. The molecule has 3 aromatic rings. The van der Waals surface area contributed by atoms with E-state index < -0.39 is 0 Å². The highest BCUT2D eigenvalue weighted by Gasteiger charge is 2.32. The zero-order chi connectivity index (χ0) is 18.8. The third kappa shape index (κ3) is 3.38. The topological polar surface area (TPSA) is 75.2 Å². The van der Waals surface area contributed by atoms with Crippen LogP contribution in [0, 0.1) is 0 Å². The van der Waals surface area contributed by atoms with Crippen molar-refractivity contribution >= 4 is 34.1 Å². The van der Waals surface area contributed by atoms with Crippen LogP contribution in [0.4, 0.5) is 11.5 Å². The molecule has 1 aromatic heterocycles. The van der Waals surface area contributed by atoms with E-state index in [0.29, 0.717) is 11.3 Å². The number of rotatable bonds is 4. The van der Waals surface area contributed by atoms with Gasteiger partial charge in [-0.15, -0.1) is 0 Å². The average Bonchev–Trinajstić information content (AvgIpc) is 3.17. The lowest BCUT2D eigenvalue weighted by Crippen LogP contribution is -2.40. The Labute approximate surface area is 157 Å². The number of hydrogen-bond acceptors (Lipinski definition) is 5. The lowest BCUT2D eigenvalue weighted by atomic mass is 10.1. The normalized spacial score (nSPS) is 16.5. The third-order valence-corrected chi connectivity index (χ3v) is 4.89. The number of Topliss-reactive ketones (excluding diaryl/α,β-unsaturated/α-hetero) is 1. The molecule has 4 rings (SSSR count). The van der Waals surface area contributed by atoms with Crippen LogP contribution >= 0.6 is 0 Å². The number of nitrogens with zero attached hydrogens (tertiary/aromatic N) is 3. The van der Waals surface area contributed by atoms with Crippen LogP contribution in [-0.4, -0.2) is 34.2 Å². The minimum absolute atomic E-state index is 0.0268. The molecule has 2 aromatic carbocycles. The Morgan fingerprint density at radius 1 is 1.11 bits per heavy atom. The van der Waals surface area contributed by atoms with E-state index >= 15 is 0 Å². The van der Waals surface area contributed by atoms with Gasteiger partial charge in [0.1, 0.15) is 18.2 Å². The molecule has 27 heavy (non-hydrogen) atoms. The van der Waals surface area contributed by atoms with Crippen molar-refractivity contribution in [1.82, 2.24) is 9.97 Å². The second-order valence-electron chi connectivity index (χ2n) is 6.69. The quantitative estimate of drug-likeness (QED) is 0.722. The van der Waals surface area contributed by atoms with E-state index in [-0.39, 0.29) is 17.7 Å². The highest BCUT2D eigenvalue weighted by molar-refractivity contribution is 6.01. The van der Waals surface area contributed by atoms with E-state index in [1.54, 1.807) is 30.6 Å². The van der Waals surface area contributed by atoms with Crippen LogP contribution < -0.4 is 10.2 Å². The van der Waals surface area contributed by atoms with Crippen LogP contribution in [-0.2, 0) is 4.79 Å². The first-order valence-corrected chi connectivity index (χ1v) is 9.02. The first-order valence-electron chi connectivity index (χ1n) is 9.02. The van der Waals surface area contributed by atoms with Gasteiger partial charge in [-0.05, 0) is 44.0 Å². The predicted octanol–water partition coefficient (Wildman–Crippen LogP) is 3.44. The minimum atomic E-state index is -0.302. The first-order chi connectivity index (χ1) is 13.1. The van der Waals surface area contributed by atoms with E-state index in [4.69, 9.17) is 0 Å². The number of anilines is 2. The van der Waals surface area contributed by atoms with Gasteiger partial charge in [0.2, 0.25) is 5.91 Å². The van der Waals surface area contributed by atoms with Crippen LogP contribution in [0.15, 0.2) is 54.9 Å². The Hall–Kier alpha value is -3.28. The molecule has 6 nitrogen and oxygen atoms in total. The second kappa shape index (κ2) is 7.15. The fraction of sp³-hybridized carbons (Fsp3) is 0.238. The molecule has 1 fully saturated rings. The fourth-order valence-corrected chi connectivity index (χ4v) is 3.55. The van der Waals surface area contributed by atoms with Crippen molar-refractivity contribution in [2.24, 2.45) is 0 Å². The summed E-state index contributed by atoms with van der Waals surface area (Å²) in [4.78, 5) is 35.3. The summed E-state index contributed by atoms with van der Waals surface area (Å²) in [6, 6.07) is 14.5. The van der Waals surface area contributed by atoms with Crippen molar-refractivity contribution < 1.29 is 9.59 Å². The average molecular weight is 360 g/mol. The van der Waals surface area contributed by atoms with Gasteiger partial charge in [0.15, 0.2) is 5.78 Å². The summed E-state index contributed by atoms with van der Waals surface area (Å²) < 4.78 is 0. The molecule has 0 radical (unpaired) electrons. The Kier molecular flexibility index (Phi) is 4.54. The van der Waals surface area contributed by atoms with Crippen LogP contribution in [0.25, 0.3) is 10.9 Å². The van der Waals surface area contributed by atoms with Crippen molar-refractivity contribution in [3.8, 4) is 0 Å². The number of amides is 1. The number of ketones is 1. The first kappa shape index (κ1) is 17.1. The Balaban J connectivity index is 1.60. The zero-order valence-corrected chi connectivity index (χ0v) is 15.1. The molecule has 1 atom stereocenters. The number of carbonyl (C=O) groups excluding carboxylic acids is 2. The molecule has 0 bridgehead atoms. The molecule has 0 spiro atoms. The number of benzene rings is 2. The van der Waals surface area contributed by atoms with Gasteiger partial charge in [-0.2, -0.15) is 0 Å². The number of aromatic nitrogens is 2. The van der Waals surface area contributed by atoms with Gasteiger partial charge < -0.3 is 10.2 Å². The molecule has 136 valence electrons. The Bertz CT molecular complexity index is 1010. The highest BCUT2D eigenvalue weighted by Crippen LogP contribution is 2.30. The predicted molar refractivity (Wildman–Crippen MR) is 105 cm³/mol. The maximum Gasteiger partial charge on any atom is 0.247 e. The maximum atomic E-state index is 12.9. The van der Waals surface area contributed by atoms with Crippen molar-refractivity contribution in [3.05, 3.63) is 60.4 Å². The molecule has 0 aliphatic carbocycles. The molecule has 1 aliphatic heterocycles. The van der Waals surface area contributed by atoms with Gasteiger partial charge in [0, 0.05) is 23.2 Å². The summed E-state index contributed by atoms with van der Waals surface area (Å²) in [6.45, 7) is 2.28. The maximum absolute atomic E-state index is 12.9. The van der Waals surface area contributed by atoms with Gasteiger partial charge in [-0.3, -0.25) is 9.59 Å². The number of fused-ring (bicyclic) bond motifs is 1. The standard InChI is InChI=1S/C21H20N4O2/c1-14(26)15-6-4-7-16(12-15)24-21(27)19-10-5-11-25(19)20-17-8-2-3-9-18(17)22-13-23-20/h2-4,6-9,12-13,19H,5,10-11H2,1H3,(H,24,27)/t19-/m1/s1. The van der Waals surface area contributed by atoms with Crippen molar-refractivity contribution in [2.45, 2.75) is 25.8 Å². The molecule has 1 saturated heterocycles. The van der Waals surface area contributed by atoms with E-state index in [1.165, 1.54) is 6.92 Å². The smallest absolute Gasteiger partial charge is 0.247 e. The van der Waals surface area contributed by atoms with Gasteiger partial charge in [-0.25, -0.2) is 9.97 Å². The Morgan fingerprint density at radius 2 is 1.96 bits per heavy atom. The summed E-state index contributed by atoms with van der Waals surface area (Å²) in [5, 5.41) is 3.89. The van der Waals surface area contributed by atoms with Crippen LogP contribution in [0.3, 0.4) is 0 Å². The summed E-state index contributed by atoms with van der Waals surface area (Å²) in [7, 11) is 0. The SMILES string of the molecule is CC(=O)c1cccc(NC(=O)[C@H]2CCCN2c2ncnc3ccccc23)c1. The highest BCUT2D eigenvalue weighted by atomic mass is 16.2. The lowest BCUT2D eigenvalue weighted by Gasteiger charge is -2.25.